The third-order valence-corrected chi connectivity index (χ3v) is 3.94. The number of ether oxygens (including phenoxy) is 1. The van der Waals surface area contributed by atoms with Crippen molar-refractivity contribution in [2.75, 3.05) is 5.32 Å². The lowest BCUT2D eigenvalue weighted by Crippen LogP contribution is -2.30. The number of aromatic amines is 1. The molecule has 0 radical (unpaired) electrons. The van der Waals surface area contributed by atoms with Crippen LogP contribution in [0.25, 0.3) is 0 Å². The van der Waals surface area contributed by atoms with Crippen molar-refractivity contribution in [3.05, 3.63) is 46.3 Å². The molecule has 0 aliphatic rings. The van der Waals surface area contributed by atoms with Gasteiger partial charge < -0.3 is 10.1 Å². The van der Waals surface area contributed by atoms with Gasteiger partial charge in [0.05, 0.1) is 0 Å². The molecular weight excluding hydrogens is 318 g/mol. The molecule has 0 saturated carbocycles. The zero-order valence-electron chi connectivity index (χ0n) is 15.4. The fourth-order valence-corrected chi connectivity index (χ4v) is 2.74. The monoisotopic (exact) mass is 343 g/mol. The molecule has 0 aliphatic heterocycles. The number of nitrogens with zero attached hydrogens (tertiary/aromatic N) is 1. The van der Waals surface area contributed by atoms with Gasteiger partial charge in [-0.3, -0.25) is 9.89 Å². The maximum absolute atomic E-state index is 12.4. The van der Waals surface area contributed by atoms with E-state index in [9.17, 15) is 9.59 Å². The first-order valence-corrected chi connectivity index (χ1v) is 8.45. The lowest BCUT2D eigenvalue weighted by Gasteiger charge is -2.16. The van der Waals surface area contributed by atoms with E-state index in [4.69, 9.17) is 4.74 Å². The van der Waals surface area contributed by atoms with E-state index in [0.29, 0.717) is 0 Å². The Hall–Kier alpha value is -2.63. The highest BCUT2D eigenvalue weighted by Gasteiger charge is 2.21. The Morgan fingerprint density at radius 3 is 2.44 bits per heavy atom. The summed E-state index contributed by atoms with van der Waals surface area (Å²) in [5.74, 6) is -0.980. The number of esters is 1. The number of anilines is 1. The quantitative estimate of drug-likeness (QED) is 0.787. The minimum Gasteiger partial charge on any atom is -0.448 e. The highest BCUT2D eigenvalue weighted by molar-refractivity contribution is 5.97. The summed E-state index contributed by atoms with van der Waals surface area (Å²) in [6, 6.07) is 5.65. The molecular formula is C19H25N3O3. The highest BCUT2D eigenvalue weighted by Crippen LogP contribution is 2.22. The zero-order chi connectivity index (χ0) is 18.6. The molecule has 0 aliphatic carbocycles. The summed E-state index contributed by atoms with van der Waals surface area (Å²) in [5, 5.41) is 9.58. The van der Waals surface area contributed by atoms with Crippen molar-refractivity contribution in [2.45, 2.75) is 53.6 Å². The molecule has 2 rings (SSSR count). The van der Waals surface area contributed by atoms with Gasteiger partial charge in [0.1, 0.15) is 0 Å². The topological polar surface area (TPSA) is 84.1 Å². The number of H-pyrrole nitrogens is 1. The van der Waals surface area contributed by atoms with Gasteiger partial charge in [-0.1, -0.05) is 31.0 Å². The van der Waals surface area contributed by atoms with Crippen molar-refractivity contribution in [2.24, 2.45) is 0 Å². The summed E-state index contributed by atoms with van der Waals surface area (Å²) in [6.45, 7) is 9.47. The van der Waals surface area contributed by atoms with E-state index in [0.717, 1.165) is 40.9 Å². The van der Waals surface area contributed by atoms with Gasteiger partial charge >= 0.3 is 5.97 Å². The van der Waals surface area contributed by atoms with Crippen LogP contribution in [0.5, 0.6) is 0 Å². The van der Waals surface area contributed by atoms with E-state index < -0.39 is 12.1 Å². The summed E-state index contributed by atoms with van der Waals surface area (Å²) in [5.41, 5.74) is 4.89. The standard InChI is InChI=1S/C19H25N3O3/c1-6-7-15-10-16(22-21-15)19(24)25-14(5)18(23)20-17-12(3)8-11(2)9-13(17)4/h8-10,14H,6-7H2,1-5H3,(H,20,23)(H,21,22). The Morgan fingerprint density at radius 1 is 1.20 bits per heavy atom. The van der Waals surface area contributed by atoms with Gasteiger partial charge in [0.15, 0.2) is 11.8 Å². The van der Waals surface area contributed by atoms with Crippen molar-refractivity contribution in [1.29, 1.82) is 0 Å². The summed E-state index contributed by atoms with van der Waals surface area (Å²) in [7, 11) is 0. The maximum Gasteiger partial charge on any atom is 0.359 e. The Morgan fingerprint density at radius 2 is 1.84 bits per heavy atom. The molecule has 0 bridgehead atoms. The molecule has 1 amide bonds. The van der Waals surface area contributed by atoms with E-state index in [1.165, 1.54) is 0 Å². The first-order chi connectivity index (χ1) is 11.8. The Bertz CT molecular complexity index is 757. The second kappa shape index (κ2) is 7.96. The molecule has 134 valence electrons. The molecule has 1 aromatic carbocycles. The van der Waals surface area contributed by atoms with Crippen molar-refractivity contribution in [1.82, 2.24) is 10.2 Å². The van der Waals surface area contributed by atoms with Crippen LogP contribution in [0.15, 0.2) is 18.2 Å². The first-order valence-electron chi connectivity index (χ1n) is 8.45. The number of carbonyl (C=O) groups excluding carboxylic acids is 2. The number of benzene rings is 1. The summed E-state index contributed by atoms with van der Waals surface area (Å²) >= 11 is 0. The zero-order valence-corrected chi connectivity index (χ0v) is 15.4. The molecule has 1 atom stereocenters. The predicted octanol–water partition coefficient (Wildman–Crippen LogP) is 3.47. The lowest BCUT2D eigenvalue weighted by molar-refractivity contribution is -0.123. The smallest absolute Gasteiger partial charge is 0.359 e. The van der Waals surface area contributed by atoms with Crippen LogP contribution in [-0.2, 0) is 16.0 Å². The van der Waals surface area contributed by atoms with Gasteiger partial charge in [-0.15, -0.1) is 0 Å². The fraction of sp³-hybridized carbons (Fsp3) is 0.421. The molecule has 2 aromatic rings. The largest absolute Gasteiger partial charge is 0.448 e. The van der Waals surface area contributed by atoms with E-state index in [-0.39, 0.29) is 11.6 Å². The SMILES string of the molecule is CCCc1cc(C(=O)OC(C)C(=O)Nc2c(C)cc(C)cc2C)n[nH]1. The second-order valence-corrected chi connectivity index (χ2v) is 6.34. The van der Waals surface area contributed by atoms with E-state index in [1.54, 1.807) is 13.0 Å². The van der Waals surface area contributed by atoms with Gasteiger partial charge in [-0.05, 0) is 51.3 Å². The minimum absolute atomic E-state index is 0.186. The van der Waals surface area contributed by atoms with E-state index in [1.807, 2.05) is 39.8 Å². The fourth-order valence-electron chi connectivity index (χ4n) is 2.74. The van der Waals surface area contributed by atoms with Crippen LogP contribution in [-0.4, -0.2) is 28.2 Å². The number of hydrogen-bond donors (Lipinski definition) is 2. The average molecular weight is 343 g/mol. The van der Waals surface area contributed by atoms with Crippen molar-refractivity contribution >= 4 is 17.6 Å². The molecule has 6 nitrogen and oxygen atoms in total. The molecule has 0 saturated heterocycles. The summed E-state index contributed by atoms with van der Waals surface area (Å²) in [6.07, 6.45) is 0.839. The Kier molecular flexibility index (Phi) is 5.96. The molecule has 1 unspecified atom stereocenters. The van der Waals surface area contributed by atoms with Crippen LogP contribution in [0.1, 0.15) is 53.1 Å². The Balaban J connectivity index is 2.01. The first kappa shape index (κ1) is 18.7. The van der Waals surface area contributed by atoms with Gasteiger partial charge in [0.2, 0.25) is 0 Å². The van der Waals surface area contributed by atoms with Crippen LogP contribution >= 0.6 is 0 Å². The van der Waals surface area contributed by atoms with Crippen LogP contribution in [0.2, 0.25) is 0 Å². The molecule has 2 N–H and O–H groups in total. The van der Waals surface area contributed by atoms with Crippen molar-refractivity contribution in [3.8, 4) is 0 Å². The van der Waals surface area contributed by atoms with Gasteiger partial charge in [-0.25, -0.2) is 4.79 Å². The number of aryl methyl sites for hydroxylation is 4. The summed E-state index contributed by atoms with van der Waals surface area (Å²) in [4.78, 5) is 24.5. The van der Waals surface area contributed by atoms with Gasteiger partial charge in [0.25, 0.3) is 5.91 Å². The molecule has 1 heterocycles. The number of carbonyl (C=O) groups is 2. The van der Waals surface area contributed by atoms with E-state index >= 15 is 0 Å². The highest BCUT2D eigenvalue weighted by atomic mass is 16.5. The molecule has 0 fully saturated rings. The van der Waals surface area contributed by atoms with Crippen LogP contribution in [0, 0.1) is 20.8 Å². The van der Waals surface area contributed by atoms with Gasteiger partial charge in [-0.2, -0.15) is 5.10 Å². The van der Waals surface area contributed by atoms with Crippen molar-refractivity contribution < 1.29 is 14.3 Å². The number of aromatic nitrogens is 2. The van der Waals surface area contributed by atoms with Crippen molar-refractivity contribution in [3.63, 3.8) is 0 Å². The third kappa shape index (κ3) is 4.68. The average Bonchev–Trinajstić information content (AvgIpc) is 2.99. The lowest BCUT2D eigenvalue weighted by atomic mass is 10.0. The van der Waals surface area contributed by atoms with Crippen LogP contribution in [0.3, 0.4) is 0 Å². The Labute approximate surface area is 148 Å². The number of hydrogen-bond acceptors (Lipinski definition) is 4. The third-order valence-electron chi connectivity index (χ3n) is 3.94. The minimum atomic E-state index is -0.918. The van der Waals surface area contributed by atoms with Crippen LogP contribution < -0.4 is 5.32 Å². The molecule has 25 heavy (non-hydrogen) atoms. The maximum atomic E-state index is 12.4. The second-order valence-electron chi connectivity index (χ2n) is 6.34. The number of rotatable bonds is 6. The van der Waals surface area contributed by atoms with E-state index in [2.05, 4.69) is 15.5 Å². The van der Waals surface area contributed by atoms with Crippen LogP contribution in [0.4, 0.5) is 5.69 Å². The normalized spacial score (nSPS) is 11.9. The molecule has 1 aromatic heterocycles. The number of nitrogens with one attached hydrogen (secondary N) is 2. The number of amides is 1. The molecule has 6 heteroatoms. The summed E-state index contributed by atoms with van der Waals surface area (Å²) < 4.78 is 5.23. The van der Waals surface area contributed by atoms with Gasteiger partial charge in [0, 0.05) is 11.4 Å². The predicted molar refractivity (Wildman–Crippen MR) is 96.7 cm³/mol. The molecule has 0 spiro atoms.